The van der Waals surface area contributed by atoms with E-state index in [4.69, 9.17) is 9.47 Å². The molecule has 3 rings (SSSR count). The van der Waals surface area contributed by atoms with Crippen LogP contribution in [0.25, 0.3) is 0 Å². The molecule has 6 nitrogen and oxygen atoms in total. The largest absolute Gasteiger partial charge is 0.497 e. The number of benzene rings is 1. The molecule has 2 atom stereocenters. The first kappa shape index (κ1) is 15.5. The summed E-state index contributed by atoms with van der Waals surface area (Å²) in [6.07, 6.45) is -0.348. The number of thiazole rings is 1. The summed E-state index contributed by atoms with van der Waals surface area (Å²) < 4.78 is 10.5. The van der Waals surface area contributed by atoms with Gasteiger partial charge in [-0.15, -0.1) is 11.3 Å². The number of carbonyl (C=O) groups excluding carboxylic acids is 2. The van der Waals surface area contributed by atoms with Gasteiger partial charge in [0.25, 0.3) is 5.91 Å². The molecule has 1 aliphatic rings. The lowest BCUT2D eigenvalue weighted by molar-refractivity contribution is -0.134. The quantitative estimate of drug-likeness (QED) is 0.804. The number of likely N-dealkylation sites (tertiary alicyclic amines) is 1. The first-order chi connectivity index (χ1) is 11.1. The van der Waals surface area contributed by atoms with E-state index in [1.807, 2.05) is 24.3 Å². The molecule has 0 radical (unpaired) electrons. The normalized spacial score (nSPS) is 20.6. The van der Waals surface area contributed by atoms with Gasteiger partial charge in [-0.2, -0.15) is 0 Å². The van der Waals surface area contributed by atoms with Crippen molar-refractivity contribution in [3.05, 3.63) is 46.4 Å². The van der Waals surface area contributed by atoms with Crippen LogP contribution in [-0.4, -0.2) is 42.0 Å². The van der Waals surface area contributed by atoms with Crippen LogP contribution in [0.3, 0.4) is 0 Å². The highest BCUT2D eigenvalue weighted by molar-refractivity contribution is 7.07. The highest BCUT2D eigenvalue weighted by Crippen LogP contribution is 2.34. The second-order valence-corrected chi connectivity index (χ2v) is 5.96. The third kappa shape index (κ3) is 3.05. The Morgan fingerprint density at radius 1 is 1.35 bits per heavy atom. The van der Waals surface area contributed by atoms with Crippen molar-refractivity contribution in [3.8, 4) is 5.75 Å². The first-order valence-electron chi connectivity index (χ1n) is 7.10. The Kier molecular flexibility index (Phi) is 4.29. The first-order valence-corrected chi connectivity index (χ1v) is 8.04. The summed E-state index contributed by atoms with van der Waals surface area (Å²) in [5.41, 5.74) is 2.77. The molecule has 1 amide bonds. The monoisotopic (exact) mass is 332 g/mol. The summed E-state index contributed by atoms with van der Waals surface area (Å²) in [4.78, 5) is 29.8. The number of esters is 1. The van der Waals surface area contributed by atoms with E-state index in [9.17, 15) is 9.59 Å². The number of hydrogen-bond donors (Lipinski definition) is 0. The molecule has 1 fully saturated rings. The number of aromatic nitrogens is 1. The van der Waals surface area contributed by atoms with Crippen molar-refractivity contribution in [2.45, 2.75) is 18.6 Å². The van der Waals surface area contributed by atoms with Crippen LogP contribution in [0.1, 0.15) is 28.5 Å². The Hall–Kier alpha value is -2.41. The van der Waals surface area contributed by atoms with Crippen LogP contribution in [0.15, 0.2) is 35.2 Å². The standard InChI is InChI=1S/C16H16N2O4S/c1-18-13(10-3-5-11(21-2)6-4-10)7-14(15(18)19)22-16(20)12-8-23-9-17-12/h3-6,8-9,13-14H,7H2,1-2H3/t13-,14-/m0/s1. The van der Waals surface area contributed by atoms with Crippen molar-refractivity contribution in [1.29, 1.82) is 0 Å². The van der Waals surface area contributed by atoms with Gasteiger partial charge in [0.1, 0.15) is 5.75 Å². The number of rotatable bonds is 4. The Morgan fingerprint density at radius 2 is 2.09 bits per heavy atom. The summed E-state index contributed by atoms with van der Waals surface area (Å²) >= 11 is 1.31. The minimum atomic E-state index is -0.777. The summed E-state index contributed by atoms with van der Waals surface area (Å²) in [7, 11) is 3.32. The minimum Gasteiger partial charge on any atom is -0.497 e. The summed E-state index contributed by atoms with van der Waals surface area (Å²) in [6, 6.07) is 7.40. The molecular weight excluding hydrogens is 316 g/mol. The van der Waals surface area contributed by atoms with Crippen LogP contribution in [0, 0.1) is 0 Å². The van der Waals surface area contributed by atoms with Crippen LogP contribution in [0.2, 0.25) is 0 Å². The molecule has 1 aromatic carbocycles. The number of carbonyl (C=O) groups is 2. The molecule has 0 unspecified atom stereocenters. The average molecular weight is 332 g/mol. The Labute approximate surface area is 137 Å². The van der Waals surface area contributed by atoms with Gasteiger partial charge in [-0.05, 0) is 17.7 Å². The van der Waals surface area contributed by atoms with Gasteiger partial charge in [0.15, 0.2) is 11.8 Å². The predicted molar refractivity (Wildman–Crippen MR) is 84.4 cm³/mol. The number of hydrogen-bond acceptors (Lipinski definition) is 6. The van der Waals surface area contributed by atoms with Gasteiger partial charge in [0.05, 0.1) is 18.7 Å². The third-order valence-electron chi connectivity index (χ3n) is 3.92. The van der Waals surface area contributed by atoms with Gasteiger partial charge in [0, 0.05) is 18.8 Å². The van der Waals surface area contributed by atoms with E-state index in [-0.39, 0.29) is 17.6 Å². The number of nitrogens with zero attached hydrogens (tertiary/aromatic N) is 2. The van der Waals surface area contributed by atoms with Crippen molar-refractivity contribution in [2.75, 3.05) is 14.2 Å². The summed E-state index contributed by atoms with van der Waals surface area (Å²) in [6.45, 7) is 0. The molecule has 0 N–H and O–H groups in total. The van der Waals surface area contributed by atoms with E-state index in [1.54, 1.807) is 29.9 Å². The van der Waals surface area contributed by atoms with Crippen molar-refractivity contribution in [3.63, 3.8) is 0 Å². The minimum absolute atomic E-state index is 0.123. The molecule has 120 valence electrons. The lowest BCUT2D eigenvalue weighted by atomic mass is 10.0. The van der Waals surface area contributed by atoms with Gasteiger partial charge in [-0.25, -0.2) is 9.78 Å². The fourth-order valence-electron chi connectivity index (χ4n) is 2.63. The topological polar surface area (TPSA) is 68.7 Å². The molecule has 23 heavy (non-hydrogen) atoms. The summed E-state index contributed by atoms with van der Waals surface area (Å²) in [5, 5.41) is 1.60. The van der Waals surface area contributed by atoms with Crippen LogP contribution >= 0.6 is 11.3 Å². The maximum atomic E-state index is 12.3. The molecule has 1 aliphatic heterocycles. The van der Waals surface area contributed by atoms with Crippen LogP contribution < -0.4 is 4.74 Å². The maximum absolute atomic E-state index is 12.3. The fourth-order valence-corrected chi connectivity index (χ4v) is 3.15. The smallest absolute Gasteiger partial charge is 0.358 e. The average Bonchev–Trinajstić information content (AvgIpc) is 3.20. The molecule has 0 saturated carbocycles. The number of likely N-dealkylation sites (N-methyl/N-ethyl adjacent to an activating group) is 1. The summed E-state index contributed by atoms with van der Waals surface area (Å²) in [5.74, 6) is -0.00462. The third-order valence-corrected chi connectivity index (χ3v) is 4.51. The Bertz CT molecular complexity index is 699. The van der Waals surface area contributed by atoms with E-state index >= 15 is 0 Å². The SMILES string of the molecule is COc1ccc([C@@H]2C[C@H](OC(=O)c3cscn3)C(=O)N2C)cc1. The van der Waals surface area contributed by atoms with Gasteiger partial charge in [0.2, 0.25) is 0 Å². The highest BCUT2D eigenvalue weighted by atomic mass is 32.1. The van der Waals surface area contributed by atoms with Crippen molar-refractivity contribution in [1.82, 2.24) is 9.88 Å². The fraction of sp³-hybridized carbons (Fsp3) is 0.312. The van der Waals surface area contributed by atoms with Gasteiger partial charge >= 0.3 is 5.97 Å². The van der Waals surface area contributed by atoms with Crippen LogP contribution in [-0.2, 0) is 9.53 Å². The van der Waals surface area contributed by atoms with Crippen LogP contribution in [0.5, 0.6) is 5.75 Å². The van der Waals surface area contributed by atoms with Gasteiger partial charge in [-0.3, -0.25) is 4.79 Å². The van der Waals surface area contributed by atoms with Crippen molar-refractivity contribution in [2.24, 2.45) is 0 Å². The molecule has 1 aromatic heterocycles. The second-order valence-electron chi connectivity index (χ2n) is 5.24. The molecule has 7 heteroatoms. The van der Waals surface area contributed by atoms with E-state index in [1.165, 1.54) is 11.3 Å². The zero-order valence-corrected chi connectivity index (χ0v) is 13.6. The molecular formula is C16H16N2O4S. The molecule has 0 spiro atoms. The van der Waals surface area contributed by atoms with E-state index in [2.05, 4.69) is 4.98 Å². The second kappa shape index (κ2) is 6.37. The van der Waals surface area contributed by atoms with E-state index in [0.29, 0.717) is 6.42 Å². The number of methoxy groups -OCH3 is 1. The maximum Gasteiger partial charge on any atom is 0.358 e. The molecule has 2 aromatic rings. The predicted octanol–water partition coefficient (Wildman–Crippen LogP) is 2.28. The molecule has 0 bridgehead atoms. The molecule has 0 aliphatic carbocycles. The zero-order valence-electron chi connectivity index (χ0n) is 12.8. The molecule has 1 saturated heterocycles. The number of ether oxygens (including phenoxy) is 2. The van der Waals surface area contributed by atoms with Gasteiger partial charge < -0.3 is 14.4 Å². The lowest BCUT2D eigenvalue weighted by Crippen LogP contribution is -2.30. The van der Waals surface area contributed by atoms with Crippen molar-refractivity contribution >= 4 is 23.2 Å². The van der Waals surface area contributed by atoms with Crippen molar-refractivity contribution < 1.29 is 19.1 Å². The van der Waals surface area contributed by atoms with Gasteiger partial charge in [-0.1, -0.05) is 12.1 Å². The Morgan fingerprint density at radius 3 is 2.70 bits per heavy atom. The molecule has 2 heterocycles. The number of amides is 1. The van der Waals surface area contributed by atoms with E-state index < -0.39 is 12.1 Å². The van der Waals surface area contributed by atoms with Crippen LogP contribution in [0.4, 0.5) is 0 Å². The Balaban J connectivity index is 1.72. The lowest BCUT2D eigenvalue weighted by Gasteiger charge is -2.19. The highest BCUT2D eigenvalue weighted by Gasteiger charge is 2.40. The zero-order chi connectivity index (χ0) is 16.4. The van der Waals surface area contributed by atoms with E-state index in [0.717, 1.165) is 11.3 Å².